The van der Waals surface area contributed by atoms with E-state index in [4.69, 9.17) is 4.74 Å². The van der Waals surface area contributed by atoms with E-state index in [1.807, 2.05) is 0 Å². The average Bonchev–Trinajstić information content (AvgIpc) is 2.74. The van der Waals surface area contributed by atoms with Gasteiger partial charge in [-0.3, -0.25) is 0 Å². The molecule has 0 saturated heterocycles. The van der Waals surface area contributed by atoms with E-state index in [1.54, 1.807) is 0 Å². The fraction of sp³-hybridized carbons (Fsp3) is 0.786. The van der Waals surface area contributed by atoms with Crippen molar-refractivity contribution < 1.29 is 4.74 Å². The van der Waals surface area contributed by atoms with Crippen molar-refractivity contribution in [2.24, 2.45) is 5.41 Å². The maximum Gasteiger partial charge on any atom is 0.122 e. The number of hydrogen-bond donors (Lipinski definition) is 0. The normalized spacial score (nSPS) is 16.1. The van der Waals surface area contributed by atoms with E-state index in [9.17, 15) is 0 Å². The summed E-state index contributed by atoms with van der Waals surface area (Å²) in [5, 5.41) is 0. The molecule has 0 spiro atoms. The predicted octanol–water partition coefficient (Wildman–Crippen LogP) is 9.20. The Labute approximate surface area is 182 Å². The third kappa shape index (κ3) is 9.14. The number of hydrogen-bond acceptors (Lipinski definition) is 1. The molecule has 0 aliphatic heterocycles. The number of unbranched alkanes of at least 4 members (excludes halogenated alkanes) is 7. The summed E-state index contributed by atoms with van der Waals surface area (Å²) in [6.07, 6.45) is 23.5. The molecule has 0 unspecified atom stereocenters. The second-order valence-corrected chi connectivity index (χ2v) is 9.73. The molecule has 166 valence electrons. The third-order valence-corrected chi connectivity index (χ3v) is 7.16. The van der Waals surface area contributed by atoms with Crippen LogP contribution in [0.4, 0.5) is 0 Å². The summed E-state index contributed by atoms with van der Waals surface area (Å²) in [6, 6.07) is 6.94. The van der Waals surface area contributed by atoms with Crippen LogP contribution in [0.1, 0.15) is 128 Å². The molecule has 1 fully saturated rings. The average molecular weight is 401 g/mol. The van der Waals surface area contributed by atoms with E-state index in [0.717, 1.165) is 12.4 Å². The largest absolute Gasteiger partial charge is 0.493 e. The van der Waals surface area contributed by atoms with Crippen LogP contribution in [0.3, 0.4) is 0 Å². The Morgan fingerprint density at radius 3 is 2.21 bits per heavy atom. The van der Waals surface area contributed by atoms with Crippen molar-refractivity contribution in [1.29, 1.82) is 0 Å². The maximum atomic E-state index is 6.08. The molecule has 1 saturated carbocycles. The Hall–Kier alpha value is -0.980. The summed E-state index contributed by atoms with van der Waals surface area (Å²) >= 11 is 0. The molecule has 1 nitrogen and oxygen atoms in total. The summed E-state index contributed by atoms with van der Waals surface area (Å²) < 4.78 is 6.08. The molecule has 0 aromatic heterocycles. The fourth-order valence-corrected chi connectivity index (χ4v) is 5.18. The quantitative estimate of drug-likeness (QED) is 0.267. The molecule has 2 rings (SSSR count). The maximum absolute atomic E-state index is 6.08. The monoisotopic (exact) mass is 400 g/mol. The van der Waals surface area contributed by atoms with Gasteiger partial charge in [-0.15, -0.1) is 0 Å². The van der Waals surface area contributed by atoms with Gasteiger partial charge in [0.15, 0.2) is 0 Å². The molecular formula is C28H48O. The van der Waals surface area contributed by atoms with Crippen LogP contribution in [0, 0.1) is 12.3 Å². The van der Waals surface area contributed by atoms with Gasteiger partial charge in [-0.1, -0.05) is 96.6 Å². The summed E-state index contributed by atoms with van der Waals surface area (Å²) in [5.74, 6) is 1.10. The van der Waals surface area contributed by atoms with Crippen LogP contribution in [-0.2, 0) is 6.42 Å². The molecule has 1 aromatic carbocycles. The zero-order valence-electron chi connectivity index (χ0n) is 19.9. The minimum atomic E-state index is 0.633. The summed E-state index contributed by atoms with van der Waals surface area (Å²) in [5.41, 5.74) is 3.46. The van der Waals surface area contributed by atoms with Crippen LogP contribution < -0.4 is 4.74 Å². The van der Waals surface area contributed by atoms with E-state index in [1.165, 1.54) is 120 Å². The highest BCUT2D eigenvalue weighted by Crippen LogP contribution is 2.44. The Bertz CT molecular complexity index is 541. The lowest BCUT2D eigenvalue weighted by molar-refractivity contribution is 0.152. The first-order chi connectivity index (χ1) is 14.2. The third-order valence-electron chi connectivity index (χ3n) is 7.16. The minimum Gasteiger partial charge on any atom is -0.493 e. The first-order valence-corrected chi connectivity index (χ1v) is 12.9. The summed E-state index contributed by atoms with van der Waals surface area (Å²) in [6.45, 7) is 7.69. The molecule has 0 bridgehead atoms. The zero-order valence-corrected chi connectivity index (χ0v) is 19.9. The predicted molar refractivity (Wildman–Crippen MR) is 128 cm³/mol. The van der Waals surface area contributed by atoms with E-state index in [0.29, 0.717) is 5.41 Å². The minimum absolute atomic E-state index is 0.633. The SMILES string of the molecule is CCCCCCCCOc1ccc(CCC2(CCCCC)CCCCC2)cc1C. The summed E-state index contributed by atoms with van der Waals surface area (Å²) in [7, 11) is 0. The van der Waals surface area contributed by atoms with Crippen molar-refractivity contribution in [3.05, 3.63) is 29.3 Å². The van der Waals surface area contributed by atoms with Gasteiger partial charge >= 0.3 is 0 Å². The van der Waals surface area contributed by atoms with Crippen molar-refractivity contribution in [2.45, 2.75) is 130 Å². The highest BCUT2D eigenvalue weighted by Gasteiger charge is 2.30. The first-order valence-electron chi connectivity index (χ1n) is 12.9. The fourth-order valence-electron chi connectivity index (χ4n) is 5.18. The second kappa shape index (κ2) is 14.1. The van der Waals surface area contributed by atoms with Crippen molar-refractivity contribution in [3.8, 4) is 5.75 Å². The van der Waals surface area contributed by atoms with Gasteiger partial charge in [-0.25, -0.2) is 0 Å². The number of ether oxygens (including phenoxy) is 1. The van der Waals surface area contributed by atoms with Crippen molar-refractivity contribution in [3.63, 3.8) is 0 Å². The molecular weight excluding hydrogens is 352 g/mol. The van der Waals surface area contributed by atoms with Crippen LogP contribution in [0.25, 0.3) is 0 Å². The highest BCUT2D eigenvalue weighted by molar-refractivity contribution is 5.36. The van der Waals surface area contributed by atoms with Crippen molar-refractivity contribution in [2.75, 3.05) is 6.61 Å². The van der Waals surface area contributed by atoms with Crippen LogP contribution >= 0.6 is 0 Å². The Balaban J connectivity index is 1.78. The van der Waals surface area contributed by atoms with Gasteiger partial charge in [-0.2, -0.15) is 0 Å². The molecule has 29 heavy (non-hydrogen) atoms. The second-order valence-electron chi connectivity index (χ2n) is 9.73. The lowest BCUT2D eigenvalue weighted by Gasteiger charge is -2.38. The Kier molecular flexibility index (Phi) is 11.8. The molecule has 1 aromatic rings. The molecule has 0 amide bonds. The molecule has 0 heterocycles. The number of rotatable bonds is 15. The zero-order chi connectivity index (χ0) is 20.8. The van der Waals surface area contributed by atoms with Crippen molar-refractivity contribution in [1.82, 2.24) is 0 Å². The van der Waals surface area contributed by atoms with Gasteiger partial charge in [0, 0.05) is 0 Å². The van der Waals surface area contributed by atoms with Gasteiger partial charge < -0.3 is 4.74 Å². The van der Waals surface area contributed by atoms with Crippen molar-refractivity contribution >= 4 is 0 Å². The standard InChI is InChI=1S/C28H48O/c1-4-6-8-9-10-15-23-29-27-17-16-26(24-25(27)3)18-22-28(19-12-7-5-2)20-13-11-14-21-28/h16-17,24H,4-15,18-23H2,1-3H3. The van der Waals surface area contributed by atoms with Crippen LogP contribution in [0.15, 0.2) is 18.2 Å². The molecule has 0 radical (unpaired) electrons. The lowest BCUT2D eigenvalue weighted by Crippen LogP contribution is -2.25. The van der Waals surface area contributed by atoms with E-state index >= 15 is 0 Å². The molecule has 1 aliphatic rings. The Morgan fingerprint density at radius 2 is 1.48 bits per heavy atom. The molecule has 1 aliphatic carbocycles. The van der Waals surface area contributed by atoms with Crippen LogP contribution in [-0.4, -0.2) is 6.61 Å². The van der Waals surface area contributed by atoms with Gasteiger partial charge in [0.2, 0.25) is 0 Å². The lowest BCUT2D eigenvalue weighted by atomic mass is 9.68. The van der Waals surface area contributed by atoms with Gasteiger partial charge in [0.1, 0.15) is 5.75 Å². The smallest absolute Gasteiger partial charge is 0.122 e. The van der Waals surface area contributed by atoms with Gasteiger partial charge in [-0.05, 0) is 68.1 Å². The Morgan fingerprint density at radius 1 is 0.793 bits per heavy atom. The molecule has 1 heteroatoms. The number of aryl methyl sites for hydroxylation is 2. The first kappa shape index (κ1) is 24.3. The van der Waals surface area contributed by atoms with Gasteiger partial charge in [0.05, 0.1) is 6.61 Å². The van der Waals surface area contributed by atoms with E-state index in [-0.39, 0.29) is 0 Å². The van der Waals surface area contributed by atoms with Gasteiger partial charge in [0.25, 0.3) is 0 Å². The summed E-state index contributed by atoms with van der Waals surface area (Å²) in [4.78, 5) is 0. The van der Waals surface area contributed by atoms with Crippen LogP contribution in [0.2, 0.25) is 0 Å². The topological polar surface area (TPSA) is 9.23 Å². The molecule has 0 N–H and O–H groups in total. The number of benzene rings is 1. The van der Waals surface area contributed by atoms with E-state index in [2.05, 4.69) is 39.0 Å². The molecule has 0 atom stereocenters. The van der Waals surface area contributed by atoms with E-state index < -0.39 is 0 Å². The van der Waals surface area contributed by atoms with Crippen LogP contribution in [0.5, 0.6) is 5.75 Å². The highest BCUT2D eigenvalue weighted by atomic mass is 16.5.